The van der Waals surface area contributed by atoms with Gasteiger partial charge in [-0.25, -0.2) is 0 Å². The summed E-state index contributed by atoms with van der Waals surface area (Å²) in [5.74, 6) is 2.33. The molecule has 0 unspecified atom stereocenters. The molecule has 0 bridgehead atoms. The lowest BCUT2D eigenvalue weighted by Gasteiger charge is -2.30. The van der Waals surface area contributed by atoms with Gasteiger partial charge < -0.3 is 14.2 Å². The van der Waals surface area contributed by atoms with Gasteiger partial charge >= 0.3 is 0 Å². The van der Waals surface area contributed by atoms with E-state index in [1.165, 1.54) is 36.8 Å². The second kappa shape index (κ2) is 9.70. The fourth-order valence-electron chi connectivity index (χ4n) is 4.06. The van der Waals surface area contributed by atoms with E-state index in [1.807, 2.05) is 6.92 Å². The van der Waals surface area contributed by atoms with Crippen molar-refractivity contribution in [2.75, 3.05) is 13.4 Å². The molecule has 0 saturated carbocycles. The number of aryl methyl sites for hydroxylation is 1. The van der Waals surface area contributed by atoms with Crippen molar-refractivity contribution in [3.8, 4) is 22.6 Å². The van der Waals surface area contributed by atoms with Gasteiger partial charge in [0.25, 0.3) is 0 Å². The lowest BCUT2D eigenvalue weighted by Crippen LogP contribution is -2.18. The van der Waals surface area contributed by atoms with E-state index < -0.39 is 0 Å². The Kier molecular flexibility index (Phi) is 7.25. The van der Waals surface area contributed by atoms with Crippen LogP contribution in [0.15, 0.2) is 36.9 Å². The van der Waals surface area contributed by atoms with Crippen molar-refractivity contribution in [2.24, 2.45) is 0 Å². The number of hydrogen-bond acceptors (Lipinski definition) is 3. The summed E-state index contributed by atoms with van der Waals surface area (Å²) in [6.07, 6.45) is 6.18. The minimum Gasteiger partial charge on any atom is -0.467 e. The molecule has 30 heavy (non-hydrogen) atoms. The SMILES string of the molecule is C=C1Oc2cc(C(C)(C)CCCCCC)cc(OCOCC)c2-c2cc(C)ccc21. The Bertz CT molecular complexity index is 895. The Balaban J connectivity index is 2.04. The van der Waals surface area contributed by atoms with Crippen LogP contribution in [0.2, 0.25) is 0 Å². The molecule has 162 valence electrons. The normalized spacial score (nSPS) is 12.9. The van der Waals surface area contributed by atoms with Gasteiger partial charge in [0.2, 0.25) is 0 Å². The lowest BCUT2D eigenvalue weighted by molar-refractivity contribution is 0.0226. The molecule has 0 amide bonds. The van der Waals surface area contributed by atoms with Crippen LogP contribution in [0.5, 0.6) is 11.5 Å². The first-order valence-electron chi connectivity index (χ1n) is 11.2. The molecule has 0 atom stereocenters. The standard InChI is InChI=1S/C27H36O3/c1-7-9-10-11-14-27(5,6)21-16-24(29-18-28-8-2)26-23-15-19(3)12-13-22(23)20(4)30-25(26)17-21/h12-13,15-17H,4,7-11,14,18H2,1-3,5-6H3. The quantitative estimate of drug-likeness (QED) is 0.298. The van der Waals surface area contributed by atoms with Gasteiger partial charge in [-0.2, -0.15) is 0 Å². The molecule has 0 radical (unpaired) electrons. The number of hydrogen-bond donors (Lipinski definition) is 0. The Morgan fingerprint density at radius 2 is 1.80 bits per heavy atom. The van der Waals surface area contributed by atoms with Gasteiger partial charge in [0, 0.05) is 17.7 Å². The summed E-state index contributed by atoms with van der Waals surface area (Å²) in [4.78, 5) is 0. The zero-order valence-electron chi connectivity index (χ0n) is 19.3. The van der Waals surface area contributed by atoms with Crippen molar-refractivity contribution in [3.05, 3.63) is 53.6 Å². The summed E-state index contributed by atoms with van der Waals surface area (Å²) in [7, 11) is 0. The van der Waals surface area contributed by atoms with Crippen molar-refractivity contribution < 1.29 is 14.2 Å². The highest BCUT2D eigenvalue weighted by molar-refractivity contribution is 5.90. The third-order valence-electron chi connectivity index (χ3n) is 5.98. The van der Waals surface area contributed by atoms with Crippen LogP contribution >= 0.6 is 0 Å². The first-order valence-corrected chi connectivity index (χ1v) is 11.2. The average molecular weight is 409 g/mol. The largest absolute Gasteiger partial charge is 0.467 e. The number of unbranched alkanes of at least 4 members (excludes halogenated alkanes) is 3. The second-order valence-corrected chi connectivity index (χ2v) is 8.87. The fourth-order valence-corrected chi connectivity index (χ4v) is 4.06. The molecule has 0 N–H and O–H groups in total. The maximum absolute atomic E-state index is 6.21. The van der Waals surface area contributed by atoms with Crippen molar-refractivity contribution in [1.82, 2.24) is 0 Å². The van der Waals surface area contributed by atoms with Crippen LogP contribution < -0.4 is 9.47 Å². The summed E-state index contributed by atoms with van der Waals surface area (Å²) in [5.41, 5.74) is 5.58. The molecule has 0 aromatic heterocycles. The molecule has 0 spiro atoms. The Morgan fingerprint density at radius 3 is 2.53 bits per heavy atom. The van der Waals surface area contributed by atoms with Gasteiger partial charge in [-0.15, -0.1) is 0 Å². The molecule has 2 aromatic carbocycles. The molecular formula is C27H36O3. The minimum atomic E-state index is 0.0318. The highest BCUT2D eigenvalue weighted by atomic mass is 16.7. The highest BCUT2D eigenvalue weighted by Crippen LogP contribution is 2.49. The van der Waals surface area contributed by atoms with E-state index >= 15 is 0 Å². The first-order chi connectivity index (χ1) is 14.4. The third kappa shape index (κ3) is 4.89. The van der Waals surface area contributed by atoms with Crippen molar-refractivity contribution >= 4 is 5.76 Å². The van der Waals surface area contributed by atoms with E-state index in [-0.39, 0.29) is 12.2 Å². The molecule has 0 fully saturated rings. The first kappa shape index (κ1) is 22.4. The van der Waals surface area contributed by atoms with Crippen LogP contribution in [-0.4, -0.2) is 13.4 Å². The smallest absolute Gasteiger partial charge is 0.189 e. The minimum absolute atomic E-state index is 0.0318. The molecule has 2 aromatic rings. The number of ether oxygens (including phenoxy) is 3. The molecule has 0 aliphatic carbocycles. The van der Waals surface area contributed by atoms with E-state index in [9.17, 15) is 0 Å². The molecule has 1 heterocycles. The lowest BCUT2D eigenvalue weighted by atomic mass is 9.78. The number of benzene rings is 2. The monoisotopic (exact) mass is 408 g/mol. The molecule has 1 aliphatic rings. The molecule has 3 heteroatoms. The van der Waals surface area contributed by atoms with Crippen molar-refractivity contribution in [3.63, 3.8) is 0 Å². The third-order valence-corrected chi connectivity index (χ3v) is 5.98. The fraction of sp³-hybridized carbons (Fsp3) is 0.481. The molecule has 0 saturated heterocycles. The van der Waals surface area contributed by atoms with Gasteiger partial charge in [0.15, 0.2) is 6.79 Å². The van der Waals surface area contributed by atoms with Gasteiger partial charge in [-0.1, -0.05) is 76.8 Å². The van der Waals surface area contributed by atoms with E-state index in [2.05, 4.69) is 64.6 Å². The second-order valence-electron chi connectivity index (χ2n) is 8.87. The Hall–Kier alpha value is -2.26. The van der Waals surface area contributed by atoms with Crippen LogP contribution in [0.1, 0.15) is 76.5 Å². The van der Waals surface area contributed by atoms with Gasteiger partial charge in [0.1, 0.15) is 17.3 Å². The summed E-state index contributed by atoms with van der Waals surface area (Å²) in [6.45, 7) is 16.0. The zero-order chi connectivity index (χ0) is 21.7. The van der Waals surface area contributed by atoms with Crippen LogP contribution in [0.25, 0.3) is 16.9 Å². The molecule has 1 aliphatic heterocycles. The van der Waals surface area contributed by atoms with E-state index in [4.69, 9.17) is 14.2 Å². The van der Waals surface area contributed by atoms with E-state index in [0.29, 0.717) is 12.4 Å². The van der Waals surface area contributed by atoms with Gasteiger partial charge in [-0.3, -0.25) is 0 Å². The molecular weight excluding hydrogens is 372 g/mol. The Morgan fingerprint density at radius 1 is 1.00 bits per heavy atom. The predicted molar refractivity (Wildman–Crippen MR) is 125 cm³/mol. The van der Waals surface area contributed by atoms with E-state index in [0.717, 1.165) is 34.6 Å². The van der Waals surface area contributed by atoms with Crippen LogP contribution in [-0.2, 0) is 10.2 Å². The predicted octanol–water partition coefficient (Wildman–Crippen LogP) is 7.65. The zero-order valence-corrected chi connectivity index (χ0v) is 19.3. The van der Waals surface area contributed by atoms with Crippen molar-refractivity contribution in [1.29, 1.82) is 0 Å². The topological polar surface area (TPSA) is 27.7 Å². The van der Waals surface area contributed by atoms with Crippen LogP contribution in [0, 0.1) is 6.92 Å². The number of fused-ring (bicyclic) bond motifs is 3. The summed E-state index contributed by atoms with van der Waals surface area (Å²) in [6, 6.07) is 10.7. The summed E-state index contributed by atoms with van der Waals surface area (Å²) >= 11 is 0. The number of rotatable bonds is 10. The highest BCUT2D eigenvalue weighted by Gasteiger charge is 2.29. The molecule has 3 rings (SSSR count). The van der Waals surface area contributed by atoms with Gasteiger partial charge in [-0.05, 0) is 43.4 Å². The van der Waals surface area contributed by atoms with Gasteiger partial charge in [0.05, 0.1) is 5.56 Å². The molecule has 3 nitrogen and oxygen atoms in total. The van der Waals surface area contributed by atoms with E-state index in [1.54, 1.807) is 0 Å². The van der Waals surface area contributed by atoms with Crippen molar-refractivity contribution in [2.45, 2.75) is 72.1 Å². The Labute approximate surface area is 182 Å². The maximum Gasteiger partial charge on any atom is 0.189 e. The van der Waals surface area contributed by atoms with Crippen LogP contribution in [0.4, 0.5) is 0 Å². The van der Waals surface area contributed by atoms with Crippen LogP contribution in [0.3, 0.4) is 0 Å². The maximum atomic E-state index is 6.21. The average Bonchev–Trinajstić information content (AvgIpc) is 2.71. The summed E-state index contributed by atoms with van der Waals surface area (Å²) in [5, 5.41) is 0. The summed E-state index contributed by atoms with van der Waals surface area (Å²) < 4.78 is 17.8.